The van der Waals surface area contributed by atoms with Crippen LogP contribution in [0.3, 0.4) is 0 Å². The lowest BCUT2D eigenvalue weighted by Crippen LogP contribution is -2.41. The summed E-state index contributed by atoms with van der Waals surface area (Å²) in [5.41, 5.74) is 0.861. The summed E-state index contributed by atoms with van der Waals surface area (Å²) in [6, 6.07) is 5.20. The zero-order chi connectivity index (χ0) is 15.4. The molecular formula is C15H19Cl2NO3. The molecule has 1 aromatic carbocycles. The second kappa shape index (κ2) is 7.45. The Hall–Kier alpha value is -0.810. The quantitative estimate of drug-likeness (QED) is 0.891. The first-order chi connectivity index (χ1) is 9.99. The van der Waals surface area contributed by atoms with E-state index in [1.807, 2.05) is 0 Å². The van der Waals surface area contributed by atoms with E-state index in [0.29, 0.717) is 35.9 Å². The molecule has 1 amide bonds. The van der Waals surface area contributed by atoms with Crippen LogP contribution in [-0.2, 0) is 16.1 Å². The number of rotatable bonds is 4. The molecule has 1 aliphatic carbocycles. The van der Waals surface area contributed by atoms with Crippen molar-refractivity contribution in [1.29, 1.82) is 0 Å². The van der Waals surface area contributed by atoms with Gasteiger partial charge in [0.15, 0.2) is 0 Å². The van der Waals surface area contributed by atoms with E-state index in [2.05, 4.69) is 5.32 Å². The highest BCUT2D eigenvalue weighted by Gasteiger charge is 2.32. The fourth-order valence-electron chi connectivity index (χ4n) is 2.65. The molecule has 1 saturated carbocycles. The molecule has 0 radical (unpaired) electrons. The van der Waals surface area contributed by atoms with Crippen LogP contribution in [0.5, 0.6) is 0 Å². The summed E-state index contributed by atoms with van der Waals surface area (Å²) < 4.78 is 5.21. The number of aliphatic hydroxyl groups is 1. The van der Waals surface area contributed by atoms with Crippen molar-refractivity contribution < 1.29 is 14.6 Å². The number of hydrogen-bond acceptors (Lipinski definition) is 3. The van der Waals surface area contributed by atoms with Crippen LogP contribution in [0, 0.1) is 5.92 Å². The minimum atomic E-state index is -0.481. The molecule has 6 heteroatoms. The number of carbonyl (C=O) groups is 1. The Bertz CT molecular complexity index is 489. The van der Waals surface area contributed by atoms with Crippen molar-refractivity contribution >= 4 is 29.1 Å². The predicted molar refractivity (Wildman–Crippen MR) is 82.5 cm³/mol. The van der Waals surface area contributed by atoms with E-state index in [4.69, 9.17) is 27.9 Å². The van der Waals surface area contributed by atoms with Crippen molar-refractivity contribution in [3.05, 3.63) is 33.8 Å². The zero-order valence-corrected chi connectivity index (χ0v) is 13.3. The van der Waals surface area contributed by atoms with Gasteiger partial charge in [0, 0.05) is 29.6 Å². The third kappa shape index (κ3) is 4.58. The van der Waals surface area contributed by atoms with Gasteiger partial charge in [0.05, 0.1) is 12.2 Å². The molecule has 4 nitrogen and oxygen atoms in total. The maximum absolute atomic E-state index is 12.2. The Morgan fingerprint density at radius 2 is 2.00 bits per heavy atom. The van der Waals surface area contributed by atoms with E-state index in [1.54, 1.807) is 25.3 Å². The lowest BCUT2D eigenvalue weighted by Gasteiger charge is -2.31. The Labute approximate surface area is 134 Å². The van der Waals surface area contributed by atoms with Crippen molar-refractivity contribution in [2.45, 2.75) is 38.0 Å². The van der Waals surface area contributed by atoms with Crippen LogP contribution in [-0.4, -0.2) is 30.3 Å². The summed E-state index contributed by atoms with van der Waals surface area (Å²) in [6.07, 6.45) is 1.05. The second-order valence-electron chi connectivity index (χ2n) is 5.35. The van der Waals surface area contributed by atoms with Gasteiger partial charge in [-0.3, -0.25) is 4.79 Å². The second-order valence-corrected chi connectivity index (χ2v) is 6.22. The average molecular weight is 332 g/mol. The summed E-state index contributed by atoms with van der Waals surface area (Å²) >= 11 is 11.9. The molecule has 2 N–H and O–H groups in total. The Balaban J connectivity index is 1.89. The largest absolute Gasteiger partial charge is 0.390 e. The molecule has 3 atom stereocenters. The van der Waals surface area contributed by atoms with E-state index in [9.17, 15) is 9.90 Å². The fraction of sp³-hybridized carbons (Fsp3) is 0.533. The molecule has 0 aliphatic heterocycles. The Kier molecular flexibility index (Phi) is 5.88. The van der Waals surface area contributed by atoms with Crippen molar-refractivity contribution in [3.8, 4) is 0 Å². The zero-order valence-electron chi connectivity index (χ0n) is 11.8. The highest BCUT2D eigenvalue weighted by molar-refractivity contribution is 6.34. The number of ether oxygens (including phenoxy) is 1. The number of nitrogens with one attached hydrogen (secondary N) is 1. The molecular weight excluding hydrogens is 313 g/mol. The van der Waals surface area contributed by atoms with Crippen LogP contribution < -0.4 is 5.32 Å². The van der Waals surface area contributed by atoms with Crippen LogP contribution >= 0.6 is 23.2 Å². The van der Waals surface area contributed by atoms with E-state index in [1.165, 1.54) is 0 Å². The van der Waals surface area contributed by atoms with E-state index in [-0.39, 0.29) is 17.9 Å². The highest BCUT2D eigenvalue weighted by atomic mass is 35.5. The van der Waals surface area contributed by atoms with Crippen LogP contribution in [0.1, 0.15) is 24.8 Å². The summed E-state index contributed by atoms with van der Waals surface area (Å²) in [5, 5.41) is 13.7. The van der Waals surface area contributed by atoms with Crippen molar-refractivity contribution in [3.63, 3.8) is 0 Å². The van der Waals surface area contributed by atoms with Gasteiger partial charge in [0.2, 0.25) is 5.91 Å². The SMILES string of the molecule is CO[C@@H]1C[C@H](C(=O)NCc2cc(Cl)cc(Cl)c2)CC[C@@H]1O. The summed E-state index contributed by atoms with van der Waals surface area (Å²) in [7, 11) is 1.56. The van der Waals surface area contributed by atoms with Gasteiger partial charge in [-0.1, -0.05) is 23.2 Å². The topological polar surface area (TPSA) is 58.6 Å². The van der Waals surface area contributed by atoms with E-state index < -0.39 is 6.10 Å². The standard InChI is InChI=1S/C15H19Cl2NO3/c1-21-14-6-10(2-3-13(14)19)15(20)18-8-9-4-11(16)7-12(17)5-9/h4-5,7,10,13-14,19H,2-3,6,8H2,1H3,(H,18,20)/t10-,13+,14-/m1/s1. The lowest BCUT2D eigenvalue weighted by molar-refractivity contribution is -0.130. The monoisotopic (exact) mass is 331 g/mol. The smallest absolute Gasteiger partial charge is 0.223 e. The third-order valence-electron chi connectivity index (χ3n) is 3.82. The van der Waals surface area contributed by atoms with Crippen LogP contribution in [0.15, 0.2) is 18.2 Å². The Morgan fingerprint density at radius 1 is 1.33 bits per heavy atom. The molecule has 116 valence electrons. The summed E-state index contributed by atoms with van der Waals surface area (Å²) in [5.74, 6) is -0.159. The fourth-order valence-corrected chi connectivity index (χ4v) is 3.22. The third-order valence-corrected chi connectivity index (χ3v) is 4.26. The number of hydrogen-bond donors (Lipinski definition) is 2. The molecule has 0 bridgehead atoms. The molecule has 1 aromatic rings. The number of methoxy groups -OCH3 is 1. The number of aliphatic hydroxyl groups excluding tert-OH is 1. The molecule has 2 rings (SSSR count). The van der Waals surface area contributed by atoms with Gasteiger partial charge >= 0.3 is 0 Å². The first-order valence-electron chi connectivity index (χ1n) is 6.93. The van der Waals surface area contributed by atoms with Crippen LogP contribution in [0.4, 0.5) is 0 Å². The molecule has 0 aromatic heterocycles. The van der Waals surface area contributed by atoms with Gasteiger partial charge < -0.3 is 15.2 Å². The maximum atomic E-state index is 12.2. The van der Waals surface area contributed by atoms with Crippen LogP contribution in [0.2, 0.25) is 10.0 Å². The molecule has 0 heterocycles. The normalized spacial score (nSPS) is 25.6. The first-order valence-corrected chi connectivity index (χ1v) is 7.68. The maximum Gasteiger partial charge on any atom is 0.223 e. The van der Waals surface area contributed by atoms with Crippen LogP contribution in [0.25, 0.3) is 0 Å². The van der Waals surface area contributed by atoms with Gasteiger partial charge in [-0.25, -0.2) is 0 Å². The molecule has 0 spiro atoms. The van der Waals surface area contributed by atoms with Crippen molar-refractivity contribution in [2.75, 3.05) is 7.11 Å². The van der Waals surface area contributed by atoms with Gasteiger partial charge in [0.25, 0.3) is 0 Å². The average Bonchev–Trinajstić information content (AvgIpc) is 2.44. The highest BCUT2D eigenvalue weighted by Crippen LogP contribution is 2.27. The minimum absolute atomic E-state index is 0.0277. The first kappa shape index (κ1) is 16.6. The van der Waals surface area contributed by atoms with Gasteiger partial charge in [-0.15, -0.1) is 0 Å². The molecule has 0 saturated heterocycles. The van der Waals surface area contributed by atoms with Gasteiger partial charge in [0.1, 0.15) is 0 Å². The lowest BCUT2D eigenvalue weighted by atomic mass is 9.84. The molecule has 1 aliphatic rings. The van der Waals surface area contributed by atoms with Crippen molar-refractivity contribution in [1.82, 2.24) is 5.32 Å². The number of carbonyl (C=O) groups excluding carboxylic acids is 1. The van der Waals surface area contributed by atoms with E-state index in [0.717, 1.165) is 5.56 Å². The summed E-state index contributed by atoms with van der Waals surface area (Å²) in [6.45, 7) is 0.385. The molecule has 21 heavy (non-hydrogen) atoms. The number of halogens is 2. The van der Waals surface area contributed by atoms with Crippen molar-refractivity contribution in [2.24, 2.45) is 5.92 Å². The number of benzene rings is 1. The van der Waals surface area contributed by atoms with Gasteiger partial charge in [-0.2, -0.15) is 0 Å². The van der Waals surface area contributed by atoms with Gasteiger partial charge in [-0.05, 0) is 43.0 Å². The summed E-state index contributed by atoms with van der Waals surface area (Å²) in [4.78, 5) is 12.2. The number of amides is 1. The van der Waals surface area contributed by atoms with E-state index >= 15 is 0 Å². The molecule has 1 fully saturated rings. The predicted octanol–water partition coefficient (Wildman–Crippen LogP) is 2.79. The molecule has 0 unspecified atom stereocenters. The minimum Gasteiger partial charge on any atom is -0.390 e. The Morgan fingerprint density at radius 3 is 2.62 bits per heavy atom.